The van der Waals surface area contributed by atoms with Gasteiger partial charge in [0.05, 0.1) is 0 Å². The van der Waals surface area contributed by atoms with E-state index in [-0.39, 0.29) is 35.7 Å². The summed E-state index contributed by atoms with van der Waals surface area (Å²) in [5.41, 5.74) is 0. The SMILES string of the molecule is CC(=O)O.CC(=O)O.CC(=O)O.N.[NaH]. The molecule has 0 unspecified atom stereocenters. The van der Waals surface area contributed by atoms with Crippen LogP contribution < -0.4 is 6.15 Å². The number of carboxylic acids is 3. The molecule has 0 rings (SSSR count). The number of rotatable bonds is 0. The third-order valence-corrected chi connectivity index (χ3v) is 0. The van der Waals surface area contributed by atoms with Crippen LogP contribution in [-0.2, 0) is 14.4 Å². The van der Waals surface area contributed by atoms with E-state index in [9.17, 15) is 0 Å². The van der Waals surface area contributed by atoms with E-state index in [0.29, 0.717) is 0 Å². The Labute approximate surface area is 104 Å². The molecular formula is C6H16NNaO6. The summed E-state index contributed by atoms with van der Waals surface area (Å²) in [4.78, 5) is 27.0. The first-order chi connectivity index (χ1) is 5.20. The normalized spacial score (nSPS) is 5.36. The molecule has 0 amide bonds. The average molecular weight is 221 g/mol. The van der Waals surface area contributed by atoms with Crippen LogP contribution in [0.3, 0.4) is 0 Å². The van der Waals surface area contributed by atoms with Crippen LogP contribution in [0, 0.1) is 0 Å². The molecule has 7 nitrogen and oxygen atoms in total. The van der Waals surface area contributed by atoms with E-state index in [2.05, 4.69) is 0 Å². The Morgan fingerprint density at radius 1 is 0.714 bits per heavy atom. The Morgan fingerprint density at radius 3 is 0.714 bits per heavy atom. The Balaban J connectivity index is -0.0000000270. The second kappa shape index (κ2) is 22.8. The molecule has 0 saturated carbocycles. The van der Waals surface area contributed by atoms with Crippen LogP contribution in [0.4, 0.5) is 0 Å². The molecule has 0 saturated heterocycles. The number of hydrogen-bond donors (Lipinski definition) is 4. The van der Waals surface area contributed by atoms with Crippen molar-refractivity contribution in [3.8, 4) is 0 Å². The van der Waals surface area contributed by atoms with Gasteiger partial charge in [-0.15, -0.1) is 0 Å². The van der Waals surface area contributed by atoms with Gasteiger partial charge in [-0.05, 0) is 0 Å². The minimum atomic E-state index is -0.833. The first-order valence-electron chi connectivity index (χ1n) is 2.78. The number of carboxylic acid groups (broad SMARTS) is 3. The van der Waals surface area contributed by atoms with Crippen molar-refractivity contribution in [2.45, 2.75) is 20.8 Å². The van der Waals surface area contributed by atoms with Gasteiger partial charge in [-0.1, -0.05) is 0 Å². The molecule has 14 heavy (non-hydrogen) atoms. The molecule has 0 aromatic rings. The molecule has 0 heterocycles. The second-order valence-corrected chi connectivity index (χ2v) is 1.56. The Morgan fingerprint density at radius 2 is 0.714 bits per heavy atom. The van der Waals surface area contributed by atoms with Gasteiger partial charge in [-0.3, -0.25) is 14.4 Å². The van der Waals surface area contributed by atoms with E-state index >= 15 is 0 Å². The molecule has 0 radical (unpaired) electrons. The van der Waals surface area contributed by atoms with Gasteiger partial charge in [0.25, 0.3) is 17.9 Å². The number of carbonyl (C=O) groups is 3. The van der Waals surface area contributed by atoms with Crippen LogP contribution in [0.15, 0.2) is 0 Å². The second-order valence-electron chi connectivity index (χ2n) is 1.56. The van der Waals surface area contributed by atoms with Gasteiger partial charge >= 0.3 is 29.6 Å². The van der Waals surface area contributed by atoms with Crippen molar-refractivity contribution < 1.29 is 29.7 Å². The van der Waals surface area contributed by atoms with Gasteiger partial charge in [0.2, 0.25) is 0 Å². The van der Waals surface area contributed by atoms with Crippen LogP contribution in [0.1, 0.15) is 20.8 Å². The molecule has 0 aliphatic carbocycles. The summed E-state index contributed by atoms with van der Waals surface area (Å²) in [6, 6.07) is 0. The van der Waals surface area contributed by atoms with Crippen molar-refractivity contribution in [1.29, 1.82) is 0 Å². The third-order valence-electron chi connectivity index (χ3n) is 0. The fraction of sp³-hybridized carbons (Fsp3) is 0.500. The van der Waals surface area contributed by atoms with Crippen molar-refractivity contribution in [1.82, 2.24) is 6.15 Å². The number of aliphatic carboxylic acids is 3. The summed E-state index contributed by atoms with van der Waals surface area (Å²) in [5, 5.41) is 22.2. The zero-order chi connectivity index (χ0) is 10.7. The first kappa shape index (κ1) is 29.2. The molecule has 0 aliphatic rings. The summed E-state index contributed by atoms with van der Waals surface area (Å²) in [5.74, 6) is -2.50. The Hall–Kier alpha value is -0.630. The van der Waals surface area contributed by atoms with Crippen molar-refractivity contribution in [2.24, 2.45) is 0 Å². The van der Waals surface area contributed by atoms with Crippen LogP contribution in [0.5, 0.6) is 0 Å². The van der Waals surface area contributed by atoms with Crippen molar-refractivity contribution >= 4 is 47.5 Å². The van der Waals surface area contributed by atoms with Crippen LogP contribution in [-0.4, -0.2) is 62.8 Å². The van der Waals surface area contributed by atoms with Gasteiger partial charge in [-0.25, -0.2) is 0 Å². The predicted molar refractivity (Wildman–Crippen MR) is 52.1 cm³/mol. The van der Waals surface area contributed by atoms with Crippen LogP contribution in [0.25, 0.3) is 0 Å². The van der Waals surface area contributed by atoms with Gasteiger partial charge in [0.15, 0.2) is 0 Å². The quantitative estimate of drug-likeness (QED) is 0.413. The van der Waals surface area contributed by atoms with Crippen LogP contribution in [0.2, 0.25) is 0 Å². The first-order valence-corrected chi connectivity index (χ1v) is 2.78. The van der Waals surface area contributed by atoms with Gasteiger partial charge in [0, 0.05) is 20.8 Å². The fourth-order valence-electron chi connectivity index (χ4n) is 0. The van der Waals surface area contributed by atoms with E-state index in [1.54, 1.807) is 0 Å². The van der Waals surface area contributed by atoms with E-state index in [1.807, 2.05) is 0 Å². The maximum absolute atomic E-state index is 9.00. The van der Waals surface area contributed by atoms with Gasteiger partial charge < -0.3 is 21.5 Å². The summed E-state index contributed by atoms with van der Waals surface area (Å²) in [6.45, 7) is 3.25. The van der Waals surface area contributed by atoms with E-state index < -0.39 is 17.9 Å². The monoisotopic (exact) mass is 221 g/mol. The van der Waals surface area contributed by atoms with Crippen molar-refractivity contribution in [3.63, 3.8) is 0 Å². The van der Waals surface area contributed by atoms with E-state index in [4.69, 9.17) is 29.7 Å². The Bertz CT molecular complexity index is 120. The van der Waals surface area contributed by atoms with Crippen LogP contribution >= 0.6 is 0 Å². The maximum atomic E-state index is 9.00. The summed E-state index contributed by atoms with van der Waals surface area (Å²) < 4.78 is 0. The third kappa shape index (κ3) is 3080. The number of hydrogen-bond acceptors (Lipinski definition) is 4. The molecular weight excluding hydrogens is 205 g/mol. The summed E-state index contributed by atoms with van der Waals surface area (Å²) in [7, 11) is 0. The molecule has 0 aliphatic heterocycles. The Kier molecular flexibility index (Phi) is 47.6. The molecule has 8 heteroatoms. The molecule has 0 fully saturated rings. The van der Waals surface area contributed by atoms with Gasteiger partial charge in [-0.2, -0.15) is 0 Å². The molecule has 6 N–H and O–H groups in total. The molecule has 82 valence electrons. The predicted octanol–water partition coefficient (Wildman–Crippen LogP) is -0.214. The molecule has 0 aromatic carbocycles. The van der Waals surface area contributed by atoms with Crippen molar-refractivity contribution in [3.05, 3.63) is 0 Å². The standard InChI is InChI=1S/3C2H4O2.H3N.Na.H/c3*1-2(3)4;;;/h3*1H3,(H,3,4);1H3;;. The zero-order valence-electron chi connectivity index (χ0n) is 7.77. The molecule has 0 atom stereocenters. The van der Waals surface area contributed by atoms with Crippen molar-refractivity contribution in [2.75, 3.05) is 0 Å². The summed E-state index contributed by atoms with van der Waals surface area (Å²) in [6.07, 6.45) is 0. The fourth-order valence-corrected chi connectivity index (χ4v) is 0. The topological polar surface area (TPSA) is 147 Å². The minimum absolute atomic E-state index is 0. The molecule has 0 aromatic heterocycles. The average Bonchev–Trinajstić information content (AvgIpc) is 1.54. The van der Waals surface area contributed by atoms with Gasteiger partial charge in [0.1, 0.15) is 0 Å². The zero-order valence-corrected chi connectivity index (χ0v) is 7.77. The molecule has 0 spiro atoms. The summed E-state index contributed by atoms with van der Waals surface area (Å²) >= 11 is 0. The van der Waals surface area contributed by atoms with E-state index in [1.165, 1.54) is 0 Å². The van der Waals surface area contributed by atoms with E-state index in [0.717, 1.165) is 20.8 Å². The molecule has 0 bridgehead atoms.